The Morgan fingerprint density at radius 2 is 2.00 bits per heavy atom. The fourth-order valence-corrected chi connectivity index (χ4v) is 4.14. The normalized spacial score (nSPS) is 19.8. The summed E-state index contributed by atoms with van der Waals surface area (Å²) in [6.45, 7) is 2.38. The summed E-state index contributed by atoms with van der Waals surface area (Å²) in [7, 11) is 1.57. The third-order valence-electron chi connectivity index (χ3n) is 4.70. The van der Waals surface area contributed by atoms with Crippen LogP contribution in [-0.4, -0.2) is 36.6 Å². The highest BCUT2D eigenvalue weighted by molar-refractivity contribution is 9.10. The van der Waals surface area contributed by atoms with Gasteiger partial charge in [-0.15, -0.1) is 0 Å². The largest absolute Gasteiger partial charge is 0.492 e. The predicted molar refractivity (Wildman–Crippen MR) is 102 cm³/mol. The number of ether oxygens (including phenoxy) is 2. The lowest BCUT2D eigenvalue weighted by Gasteiger charge is -2.28. The number of nitrogens with zero attached hydrogens (tertiary/aromatic N) is 1. The standard InChI is InChI=1S/C19H23BrN2O4/c1-3-26-16-11-12(9-14(20)17(16)25-2)10-15-18(23)22(19(24)21-15)13-7-5-4-6-8-13/h9-11,13H,3-8H2,1-2H3,(H,21,24)/b15-10-. The number of urea groups is 1. The van der Waals surface area contributed by atoms with Crippen molar-refractivity contribution in [3.05, 3.63) is 27.9 Å². The second-order valence-electron chi connectivity index (χ2n) is 6.42. The molecule has 1 N–H and O–H groups in total. The molecule has 0 atom stereocenters. The molecule has 1 heterocycles. The fourth-order valence-electron chi connectivity index (χ4n) is 3.52. The van der Waals surface area contributed by atoms with Crippen LogP contribution in [-0.2, 0) is 4.79 Å². The van der Waals surface area contributed by atoms with Crippen LogP contribution in [0.25, 0.3) is 6.08 Å². The maximum Gasteiger partial charge on any atom is 0.329 e. The number of nitrogens with one attached hydrogen (secondary N) is 1. The number of benzene rings is 1. The van der Waals surface area contributed by atoms with Crippen molar-refractivity contribution in [3.8, 4) is 11.5 Å². The summed E-state index contributed by atoms with van der Waals surface area (Å²) in [6.07, 6.45) is 6.73. The van der Waals surface area contributed by atoms with Crippen molar-refractivity contribution in [2.75, 3.05) is 13.7 Å². The van der Waals surface area contributed by atoms with E-state index in [-0.39, 0.29) is 18.0 Å². The number of hydrogen-bond donors (Lipinski definition) is 1. The van der Waals surface area contributed by atoms with Crippen LogP contribution in [0, 0.1) is 0 Å². The summed E-state index contributed by atoms with van der Waals surface area (Å²) in [6, 6.07) is 3.30. The molecule has 3 rings (SSSR count). The second-order valence-corrected chi connectivity index (χ2v) is 7.28. The Balaban J connectivity index is 1.88. The molecular formula is C19H23BrN2O4. The Hall–Kier alpha value is -2.02. The van der Waals surface area contributed by atoms with Gasteiger partial charge in [0.15, 0.2) is 11.5 Å². The number of methoxy groups -OCH3 is 1. The molecule has 2 fully saturated rings. The summed E-state index contributed by atoms with van der Waals surface area (Å²) in [4.78, 5) is 26.4. The molecule has 6 nitrogen and oxygen atoms in total. The second kappa shape index (κ2) is 8.12. The summed E-state index contributed by atoms with van der Waals surface area (Å²) >= 11 is 3.46. The lowest BCUT2D eigenvalue weighted by Crippen LogP contribution is -2.41. The van der Waals surface area contributed by atoms with Gasteiger partial charge in [0.1, 0.15) is 5.70 Å². The number of imide groups is 1. The van der Waals surface area contributed by atoms with E-state index in [1.807, 2.05) is 13.0 Å². The van der Waals surface area contributed by atoms with Gasteiger partial charge >= 0.3 is 6.03 Å². The number of carbonyl (C=O) groups is 2. The van der Waals surface area contributed by atoms with Gasteiger partial charge in [0.25, 0.3) is 5.91 Å². The van der Waals surface area contributed by atoms with Gasteiger partial charge in [0.05, 0.1) is 18.2 Å². The van der Waals surface area contributed by atoms with Gasteiger partial charge in [-0.2, -0.15) is 0 Å². The zero-order valence-electron chi connectivity index (χ0n) is 15.0. The minimum atomic E-state index is -0.328. The van der Waals surface area contributed by atoms with Crippen LogP contribution in [0.2, 0.25) is 0 Å². The Morgan fingerprint density at radius 3 is 2.65 bits per heavy atom. The van der Waals surface area contributed by atoms with E-state index in [1.165, 1.54) is 11.3 Å². The van der Waals surface area contributed by atoms with Gasteiger partial charge in [-0.3, -0.25) is 9.69 Å². The van der Waals surface area contributed by atoms with Gasteiger partial charge in [-0.05, 0) is 59.5 Å². The Labute approximate surface area is 161 Å². The Kier molecular flexibility index (Phi) is 5.86. The van der Waals surface area contributed by atoms with E-state index in [9.17, 15) is 9.59 Å². The Bertz CT molecular complexity index is 741. The third-order valence-corrected chi connectivity index (χ3v) is 5.29. The molecule has 1 aromatic rings. The molecule has 1 aromatic carbocycles. The first-order valence-electron chi connectivity index (χ1n) is 8.91. The minimum Gasteiger partial charge on any atom is -0.492 e. The minimum absolute atomic E-state index is 0.00346. The molecule has 0 spiro atoms. The lowest BCUT2D eigenvalue weighted by molar-refractivity contribution is -0.124. The van der Waals surface area contributed by atoms with Crippen molar-refractivity contribution in [3.63, 3.8) is 0 Å². The van der Waals surface area contributed by atoms with Gasteiger partial charge < -0.3 is 14.8 Å². The first-order valence-corrected chi connectivity index (χ1v) is 9.71. The average molecular weight is 423 g/mol. The number of rotatable bonds is 5. The van der Waals surface area contributed by atoms with E-state index in [0.29, 0.717) is 23.8 Å². The molecule has 0 bridgehead atoms. The molecule has 3 amide bonds. The topological polar surface area (TPSA) is 67.9 Å². The molecule has 0 radical (unpaired) electrons. The third kappa shape index (κ3) is 3.72. The van der Waals surface area contributed by atoms with Crippen LogP contribution < -0.4 is 14.8 Å². The number of halogens is 1. The quantitative estimate of drug-likeness (QED) is 0.573. The highest BCUT2D eigenvalue weighted by Gasteiger charge is 2.38. The van der Waals surface area contributed by atoms with Crippen molar-refractivity contribution in [2.24, 2.45) is 0 Å². The fraction of sp³-hybridized carbons (Fsp3) is 0.474. The smallest absolute Gasteiger partial charge is 0.329 e. The zero-order chi connectivity index (χ0) is 18.7. The van der Waals surface area contributed by atoms with Crippen LogP contribution in [0.3, 0.4) is 0 Å². The number of amides is 3. The van der Waals surface area contributed by atoms with Crippen molar-refractivity contribution < 1.29 is 19.1 Å². The highest BCUT2D eigenvalue weighted by Crippen LogP contribution is 2.37. The number of carbonyl (C=O) groups excluding carboxylic acids is 2. The maximum atomic E-state index is 12.7. The molecule has 1 aliphatic carbocycles. The molecule has 0 aromatic heterocycles. The molecule has 7 heteroatoms. The predicted octanol–water partition coefficient (Wildman–Crippen LogP) is 4.08. The summed E-state index contributed by atoms with van der Waals surface area (Å²) in [5.74, 6) is 0.920. The maximum absolute atomic E-state index is 12.7. The van der Waals surface area contributed by atoms with Gasteiger partial charge in [-0.25, -0.2) is 4.79 Å². The molecule has 1 saturated carbocycles. The van der Waals surface area contributed by atoms with E-state index >= 15 is 0 Å². The van der Waals surface area contributed by atoms with Gasteiger partial charge in [0.2, 0.25) is 0 Å². The van der Waals surface area contributed by atoms with Crippen LogP contribution in [0.1, 0.15) is 44.6 Å². The molecular weight excluding hydrogens is 400 g/mol. The van der Waals surface area contributed by atoms with E-state index < -0.39 is 0 Å². The van der Waals surface area contributed by atoms with Crippen LogP contribution in [0.5, 0.6) is 11.5 Å². The van der Waals surface area contributed by atoms with Crippen LogP contribution in [0.15, 0.2) is 22.3 Å². The molecule has 140 valence electrons. The zero-order valence-corrected chi connectivity index (χ0v) is 16.6. The molecule has 1 saturated heterocycles. The lowest BCUT2D eigenvalue weighted by atomic mass is 9.94. The van der Waals surface area contributed by atoms with E-state index in [0.717, 1.165) is 35.7 Å². The first-order chi connectivity index (χ1) is 12.5. The average Bonchev–Trinajstić information content (AvgIpc) is 2.89. The van der Waals surface area contributed by atoms with Gasteiger partial charge in [0, 0.05) is 6.04 Å². The van der Waals surface area contributed by atoms with E-state index in [1.54, 1.807) is 19.3 Å². The van der Waals surface area contributed by atoms with Gasteiger partial charge in [-0.1, -0.05) is 19.3 Å². The summed E-state index contributed by atoms with van der Waals surface area (Å²) < 4.78 is 11.7. The van der Waals surface area contributed by atoms with Crippen LogP contribution >= 0.6 is 15.9 Å². The molecule has 0 unspecified atom stereocenters. The van der Waals surface area contributed by atoms with Crippen molar-refractivity contribution in [1.82, 2.24) is 10.2 Å². The summed E-state index contributed by atoms with van der Waals surface area (Å²) in [5.41, 5.74) is 1.04. The van der Waals surface area contributed by atoms with Crippen molar-refractivity contribution in [1.29, 1.82) is 0 Å². The number of hydrogen-bond acceptors (Lipinski definition) is 4. The van der Waals surface area contributed by atoms with Crippen LogP contribution in [0.4, 0.5) is 4.79 Å². The summed E-state index contributed by atoms with van der Waals surface area (Å²) in [5, 5.41) is 2.71. The molecule has 26 heavy (non-hydrogen) atoms. The SMILES string of the molecule is CCOc1cc(/C=C2\NC(=O)N(C3CCCCC3)C2=O)cc(Br)c1OC. The highest BCUT2D eigenvalue weighted by atomic mass is 79.9. The first kappa shape index (κ1) is 18.8. The van der Waals surface area contributed by atoms with Crippen molar-refractivity contribution in [2.45, 2.75) is 45.1 Å². The van der Waals surface area contributed by atoms with Crippen molar-refractivity contribution >= 4 is 33.9 Å². The van der Waals surface area contributed by atoms with E-state index in [4.69, 9.17) is 9.47 Å². The van der Waals surface area contributed by atoms with E-state index in [2.05, 4.69) is 21.2 Å². The monoisotopic (exact) mass is 422 g/mol. The Morgan fingerprint density at radius 1 is 1.27 bits per heavy atom. The molecule has 2 aliphatic rings. The molecule has 1 aliphatic heterocycles.